The fraction of sp³-hybridized carbons (Fsp3) is 0.320. The second-order valence-electron chi connectivity index (χ2n) is 7.88. The van der Waals surface area contributed by atoms with Gasteiger partial charge in [0.05, 0.1) is 18.8 Å². The number of rotatable bonds is 6. The van der Waals surface area contributed by atoms with Crippen molar-refractivity contribution >= 4 is 11.7 Å². The minimum atomic E-state index is 0.0140. The van der Waals surface area contributed by atoms with Crippen LogP contribution in [0, 0.1) is 5.92 Å². The van der Waals surface area contributed by atoms with Crippen molar-refractivity contribution < 1.29 is 9.53 Å². The summed E-state index contributed by atoms with van der Waals surface area (Å²) in [5.41, 5.74) is 2.83. The highest BCUT2D eigenvalue weighted by Crippen LogP contribution is 2.29. The smallest absolute Gasteiger partial charge is 0.223 e. The lowest BCUT2D eigenvalue weighted by atomic mass is 9.95. The first-order chi connectivity index (χ1) is 15.2. The maximum atomic E-state index is 12.7. The number of carbonyl (C=O) groups excluding carboxylic acids is 1. The molecule has 31 heavy (non-hydrogen) atoms. The number of para-hydroxylation sites is 1. The predicted molar refractivity (Wildman–Crippen MR) is 122 cm³/mol. The van der Waals surface area contributed by atoms with Crippen molar-refractivity contribution in [1.82, 2.24) is 15.5 Å². The molecule has 6 nitrogen and oxygen atoms in total. The highest BCUT2D eigenvalue weighted by Gasteiger charge is 2.26. The van der Waals surface area contributed by atoms with E-state index in [-0.39, 0.29) is 17.9 Å². The summed E-state index contributed by atoms with van der Waals surface area (Å²) < 4.78 is 5.42. The number of hydrogen-bond donors (Lipinski definition) is 1. The number of aromatic nitrogens is 2. The standard InChI is InChI=1S/C25H28N4O2/c1-18(19-8-4-3-5-9-19)26-25(30)20-14-16-29(17-15-20)24-13-12-22(27-28-24)21-10-6-7-11-23(21)31-2/h3-13,18,20H,14-17H2,1-2H3,(H,26,30). The Morgan fingerprint density at radius 1 is 1.00 bits per heavy atom. The molecule has 4 rings (SSSR count). The molecule has 0 aliphatic carbocycles. The zero-order chi connectivity index (χ0) is 21.6. The van der Waals surface area contributed by atoms with Gasteiger partial charge < -0.3 is 15.0 Å². The summed E-state index contributed by atoms with van der Waals surface area (Å²) in [5.74, 6) is 1.79. The number of ether oxygens (including phenoxy) is 1. The number of benzene rings is 2. The Balaban J connectivity index is 1.34. The van der Waals surface area contributed by atoms with Crippen molar-refractivity contribution in [3.05, 3.63) is 72.3 Å². The molecule has 6 heteroatoms. The molecule has 160 valence electrons. The molecule has 1 fully saturated rings. The SMILES string of the molecule is COc1ccccc1-c1ccc(N2CCC(C(=O)NC(C)c3ccccc3)CC2)nn1. The van der Waals surface area contributed by atoms with E-state index < -0.39 is 0 Å². The quantitative estimate of drug-likeness (QED) is 0.651. The monoisotopic (exact) mass is 416 g/mol. The molecule has 0 spiro atoms. The van der Waals surface area contributed by atoms with Gasteiger partial charge in [0, 0.05) is 24.6 Å². The minimum absolute atomic E-state index is 0.0140. The predicted octanol–water partition coefficient (Wildman–Crippen LogP) is 4.25. The fourth-order valence-corrected chi connectivity index (χ4v) is 4.02. The van der Waals surface area contributed by atoms with Crippen LogP contribution in [-0.2, 0) is 4.79 Å². The van der Waals surface area contributed by atoms with E-state index in [1.54, 1.807) is 7.11 Å². The van der Waals surface area contributed by atoms with Crippen LogP contribution in [0.25, 0.3) is 11.3 Å². The number of nitrogens with zero attached hydrogens (tertiary/aromatic N) is 3. The van der Waals surface area contributed by atoms with E-state index in [0.29, 0.717) is 0 Å². The van der Waals surface area contributed by atoms with Crippen LogP contribution in [0.5, 0.6) is 5.75 Å². The molecule has 2 aromatic carbocycles. The molecule has 1 atom stereocenters. The van der Waals surface area contributed by atoms with Gasteiger partial charge in [0.25, 0.3) is 0 Å². The van der Waals surface area contributed by atoms with Gasteiger partial charge in [-0.3, -0.25) is 4.79 Å². The van der Waals surface area contributed by atoms with E-state index in [0.717, 1.165) is 54.3 Å². The Bertz CT molecular complexity index is 1000. The van der Waals surface area contributed by atoms with Crippen LogP contribution in [0.3, 0.4) is 0 Å². The molecule has 0 saturated carbocycles. The number of anilines is 1. The second-order valence-corrected chi connectivity index (χ2v) is 7.88. The first-order valence-electron chi connectivity index (χ1n) is 10.7. The molecule has 1 unspecified atom stereocenters. The Hall–Kier alpha value is -3.41. The summed E-state index contributed by atoms with van der Waals surface area (Å²) >= 11 is 0. The summed E-state index contributed by atoms with van der Waals surface area (Å²) in [6.07, 6.45) is 1.62. The lowest BCUT2D eigenvalue weighted by Crippen LogP contribution is -2.41. The summed E-state index contributed by atoms with van der Waals surface area (Å²) in [7, 11) is 1.65. The molecule has 1 aromatic heterocycles. The van der Waals surface area contributed by atoms with Crippen molar-refractivity contribution in [1.29, 1.82) is 0 Å². The Morgan fingerprint density at radius 3 is 2.39 bits per heavy atom. The van der Waals surface area contributed by atoms with Crippen LogP contribution in [0.1, 0.15) is 31.4 Å². The first-order valence-corrected chi connectivity index (χ1v) is 10.7. The third-order valence-corrected chi connectivity index (χ3v) is 5.88. The van der Waals surface area contributed by atoms with Crippen LogP contribution in [0.4, 0.5) is 5.82 Å². The van der Waals surface area contributed by atoms with E-state index in [2.05, 4.69) is 20.4 Å². The van der Waals surface area contributed by atoms with E-state index in [4.69, 9.17) is 4.74 Å². The van der Waals surface area contributed by atoms with Gasteiger partial charge in [0.2, 0.25) is 5.91 Å². The van der Waals surface area contributed by atoms with Gasteiger partial charge in [0.1, 0.15) is 5.75 Å². The van der Waals surface area contributed by atoms with Crippen LogP contribution < -0.4 is 15.0 Å². The van der Waals surface area contributed by atoms with Gasteiger partial charge >= 0.3 is 0 Å². The topological polar surface area (TPSA) is 67.3 Å². The van der Waals surface area contributed by atoms with E-state index in [1.807, 2.05) is 73.7 Å². The van der Waals surface area contributed by atoms with Crippen molar-refractivity contribution in [2.75, 3.05) is 25.1 Å². The first kappa shape index (κ1) is 20.8. The maximum absolute atomic E-state index is 12.7. The van der Waals surface area contributed by atoms with Gasteiger partial charge in [-0.15, -0.1) is 10.2 Å². The van der Waals surface area contributed by atoms with Gasteiger partial charge in [-0.2, -0.15) is 0 Å². The second kappa shape index (κ2) is 9.60. The van der Waals surface area contributed by atoms with E-state index >= 15 is 0 Å². The Kier molecular flexibility index (Phi) is 6.46. The normalized spacial score (nSPS) is 15.4. The molecule has 0 radical (unpaired) electrons. The van der Waals surface area contributed by atoms with Crippen LogP contribution in [0.2, 0.25) is 0 Å². The third kappa shape index (κ3) is 4.85. The molecular weight excluding hydrogens is 388 g/mol. The highest BCUT2D eigenvalue weighted by atomic mass is 16.5. The van der Waals surface area contributed by atoms with Gasteiger partial charge in [-0.05, 0) is 49.6 Å². The molecule has 1 N–H and O–H groups in total. The summed E-state index contributed by atoms with van der Waals surface area (Å²) in [5, 5.41) is 12.0. The lowest BCUT2D eigenvalue weighted by molar-refractivity contribution is -0.126. The summed E-state index contributed by atoms with van der Waals surface area (Å²) in [6.45, 7) is 3.61. The van der Waals surface area contributed by atoms with Gasteiger partial charge in [0.15, 0.2) is 5.82 Å². The molecular formula is C25H28N4O2. The van der Waals surface area contributed by atoms with Crippen molar-refractivity contribution in [3.8, 4) is 17.0 Å². The van der Waals surface area contributed by atoms with Crippen molar-refractivity contribution in [2.45, 2.75) is 25.8 Å². The molecule has 1 amide bonds. The van der Waals surface area contributed by atoms with E-state index in [9.17, 15) is 4.79 Å². The zero-order valence-corrected chi connectivity index (χ0v) is 18.0. The molecule has 1 aliphatic rings. The zero-order valence-electron chi connectivity index (χ0n) is 18.0. The van der Waals surface area contributed by atoms with Gasteiger partial charge in [-0.25, -0.2) is 0 Å². The number of nitrogens with one attached hydrogen (secondary N) is 1. The number of amides is 1. The Labute approximate surface area is 183 Å². The third-order valence-electron chi connectivity index (χ3n) is 5.88. The largest absolute Gasteiger partial charge is 0.496 e. The molecule has 2 heterocycles. The number of methoxy groups -OCH3 is 1. The van der Waals surface area contributed by atoms with Gasteiger partial charge in [-0.1, -0.05) is 42.5 Å². The maximum Gasteiger partial charge on any atom is 0.223 e. The van der Waals surface area contributed by atoms with Crippen molar-refractivity contribution in [2.24, 2.45) is 5.92 Å². The molecule has 1 aliphatic heterocycles. The molecule has 3 aromatic rings. The number of hydrogen-bond acceptors (Lipinski definition) is 5. The number of piperidine rings is 1. The van der Waals surface area contributed by atoms with Crippen molar-refractivity contribution in [3.63, 3.8) is 0 Å². The lowest BCUT2D eigenvalue weighted by Gasteiger charge is -2.32. The average Bonchev–Trinajstić information content (AvgIpc) is 2.84. The fourth-order valence-electron chi connectivity index (χ4n) is 4.02. The Morgan fingerprint density at radius 2 is 1.71 bits per heavy atom. The average molecular weight is 417 g/mol. The van der Waals surface area contributed by atoms with Crippen LogP contribution in [0.15, 0.2) is 66.7 Å². The van der Waals surface area contributed by atoms with Crippen LogP contribution in [-0.4, -0.2) is 36.3 Å². The number of carbonyl (C=O) groups is 1. The minimum Gasteiger partial charge on any atom is -0.496 e. The summed E-state index contributed by atoms with van der Waals surface area (Å²) in [6, 6.07) is 21.8. The molecule has 0 bridgehead atoms. The molecule has 1 saturated heterocycles. The highest BCUT2D eigenvalue weighted by molar-refractivity contribution is 5.79. The van der Waals surface area contributed by atoms with Crippen LogP contribution >= 0.6 is 0 Å². The van der Waals surface area contributed by atoms with E-state index in [1.165, 1.54) is 0 Å². The summed E-state index contributed by atoms with van der Waals surface area (Å²) in [4.78, 5) is 14.9.